The van der Waals surface area contributed by atoms with E-state index in [0.29, 0.717) is 11.5 Å². The number of carboxylic acid groups (broad SMARTS) is 1. The highest BCUT2D eigenvalue weighted by atomic mass is 16.5. The number of carboxylic acids is 1. The molecule has 1 rings (SSSR count). The van der Waals surface area contributed by atoms with E-state index in [1.54, 1.807) is 6.92 Å². The molecule has 15 heavy (non-hydrogen) atoms. The molecule has 1 aromatic heterocycles. The van der Waals surface area contributed by atoms with Crippen LogP contribution in [0.2, 0.25) is 0 Å². The van der Waals surface area contributed by atoms with Gasteiger partial charge in [0.1, 0.15) is 23.7 Å². The van der Waals surface area contributed by atoms with Crippen molar-refractivity contribution in [2.24, 2.45) is 0 Å². The largest absolute Gasteiger partial charge is 0.478 e. The van der Waals surface area contributed by atoms with E-state index in [9.17, 15) is 4.79 Å². The topological polar surface area (TPSA) is 59.7 Å². The van der Waals surface area contributed by atoms with E-state index in [0.717, 1.165) is 0 Å². The quantitative estimate of drug-likeness (QED) is 0.836. The van der Waals surface area contributed by atoms with Gasteiger partial charge in [-0.25, -0.2) is 4.79 Å². The van der Waals surface area contributed by atoms with Crippen LogP contribution in [0.1, 0.15) is 42.6 Å². The molecule has 4 heteroatoms. The van der Waals surface area contributed by atoms with Crippen molar-refractivity contribution < 1.29 is 19.1 Å². The van der Waals surface area contributed by atoms with Crippen LogP contribution in [-0.2, 0) is 11.3 Å². The Balaban J connectivity index is 2.72. The lowest BCUT2D eigenvalue weighted by molar-refractivity contribution is -0.0226. The highest BCUT2D eigenvalue weighted by Gasteiger charge is 2.16. The minimum Gasteiger partial charge on any atom is -0.478 e. The predicted molar refractivity (Wildman–Crippen MR) is 54.9 cm³/mol. The van der Waals surface area contributed by atoms with Crippen LogP contribution in [0.3, 0.4) is 0 Å². The first kappa shape index (κ1) is 11.8. The highest BCUT2D eigenvalue weighted by molar-refractivity contribution is 5.88. The lowest BCUT2D eigenvalue weighted by atomic mass is 10.2. The number of rotatable bonds is 3. The van der Waals surface area contributed by atoms with Crippen LogP contribution in [0.5, 0.6) is 0 Å². The van der Waals surface area contributed by atoms with Crippen LogP contribution in [0.25, 0.3) is 0 Å². The van der Waals surface area contributed by atoms with Crippen LogP contribution in [0.4, 0.5) is 0 Å². The Labute approximate surface area is 88.8 Å². The fraction of sp³-hybridized carbons (Fsp3) is 0.545. The van der Waals surface area contributed by atoms with E-state index < -0.39 is 5.97 Å². The Kier molecular flexibility index (Phi) is 3.19. The van der Waals surface area contributed by atoms with Crippen LogP contribution in [0.15, 0.2) is 10.5 Å². The van der Waals surface area contributed by atoms with Gasteiger partial charge in [0.05, 0.1) is 5.60 Å². The molecule has 0 amide bonds. The van der Waals surface area contributed by atoms with E-state index in [1.807, 2.05) is 20.8 Å². The molecule has 0 aliphatic rings. The molecule has 0 aliphatic carbocycles. The fourth-order valence-electron chi connectivity index (χ4n) is 1.11. The van der Waals surface area contributed by atoms with Gasteiger partial charge in [-0.05, 0) is 33.8 Å². The summed E-state index contributed by atoms with van der Waals surface area (Å²) in [6.07, 6.45) is 0. The molecule has 1 aromatic rings. The molecule has 0 unspecified atom stereocenters. The predicted octanol–water partition coefficient (Wildman–Crippen LogP) is 2.60. The Morgan fingerprint density at radius 3 is 2.53 bits per heavy atom. The van der Waals surface area contributed by atoms with E-state index in [2.05, 4.69) is 0 Å². The first-order valence-electron chi connectivity index (χ1n) is 4.76. The number of hydrogen-bond donors (Lipinski definition) is 1. The summed E-state index contributed by atoms with van der Waals surface area (Å²) in [6.45, 7) is 7.71. The van der Waals surface area contributed by atoms with Crippen LogP contribution in [-0.4, -0.2) is 16.7 Å². The van der Waals surface area contributed by atoms with E-state index in [-0.39, 0.29) is 17.8 Å². The average Bonchev–Trinajstić information content (AvgIpc) is 2.42. The number of furan rings is 1. The molecule has 4 nitrogen and oxygen atoms in total. The summed E-state index contributed by atoms with van der Waals surface area (Å²) in [5, 5.41) is 8.81. The van der Waals surface area contributed by atoms with Gasteiger partial charge in [0.25, 0.3) is 0 Å². The van der Waals surface area contributed by atoms with Crippen molar-refractivity contribution in [1.29, 1.82) is 0 Å². The minimum absolute atomic E-state index is 0.197. The number of aromatic carboxylic acids is 1. The van der Waals surface area contributed by atoms with Crippen molar-refractivity contribution in [3.05, 3.63) is 23.2 Å². The Bertz CT molecular complexity index is 357. The summed E-state index contributed by atoms with van der Waals surface area (Å²) < 4.78 is 10.7. The maximum absolute atomic E-state index is 10.7. The first-order valence-corrected chi connectivity index (χ1v) is 4.76. The van der Waals surface area contributed by atoms with Crippen molar-refractivity contribution in [3.63, 3.8) is 0 Å². The molecule has 1 N–H and O–H groups in total. The molecule has 0 bridgehead atoms. The number of ether oxygens (including phenoxy) is 1. The van der Waals surface area contributed by atoms with Gasteiger partial charge in [-0.1, -0.05) is 0 Å². The number of hydrogen-bond acceptors (Lipinski definition) is 3. The van der Waals surface area contributed by atoms with Crippen LogP contribution >= 0.6 is 0 Å². The number of carbonyl (C=O) groups is 1. The smallest absolute Gasteiger partial charge is 0.339 e. The van der Waals surface area contributed by atoms with Crippen LogP contribution < -0.4 is 0 Å². The van der Waals surface area contributed by atoms with Crippen molar-refractivity contribution in [3.8, 4) is 0 Å². The van der Waals surface area contributed by atoms with Crippen molar-refractivity contribution in [2.45, 2.75) is 39.9 Å². The normalized spacial score (nSPS) is 11.7. The van der Waals surface area contributed by atoms with Gasteiger partial charge in [0.15, 0.2) is 0 Å². The number of aryl methyl sites for hydroxylation is 1. The summed E-state index contributed by atoms with van der Waals surface area (Å²) in [7, 11) is 0. The molecular formula is C11H16O4. The second-order valence-corrected chi connectivity index (χ2v) is 4.39. The summed E-state index contributed by atoms with van der Waals surface area (Å²) in [6, 6.07) is 1.50. The molecule has 0 radical (unpaired) electrons. The summed E-state index contributed by atoms with van der Waals surface area (Å²) >= 11 is 0. The Hall–Kier alpha value is -1.29. The highest BCUT2D eigenvalue weighted by Crippen LogP contribution is 2.18. The SMILES string of the molecule is Cc1oc(COC(C)(C)C)cc1C(=O)O. The second kappa shape index (κ2) is 4.06. The third-order valence-electron chi connectivity index (χ3n) is 1.85. The van der Waals surface area contributed by atoms with E-state index in [4.69, 9.17) is 14.3 Å². The second-order valence-electron chi connectivity index (χ2n) is 4.39. The van der Waals surface area contributed by atoms with Crippen molar-refractivity contribution in [2.75, 3.05) is 0 Å². The van der Waals surface area contributed by atoms with Gasteiger partial charge in [0, 0.05) is 0 Å². The van der Waals surface area contributed by atoms with Gasteiger partial charge < -0.3 is 14.3 Å². The Morgan fingerprint density at radius 1 is 1.53 bits per heavy atom. The molecule has 0 saturated carbocycles. The molecule has 0 spiro atoms. The molecule has 0 atom stereocenters. The molecule has 0 fully saturated rings. The zero-order chi connectivity index (χ0) is 11.6. The maximum Gasteiger partial charge on any atom is 0.339 e. The van der Waals surface area contributed by atoms with Gasteiger partial charge >= 0.3 is 5.97 Å². The first-order chi connectivity index (χ1) is 6.79. The maximum atomic E-state index is 10.7. The van der Waals surface area contributed by atoms with Crippen molar-refractivity contribution >= 4 is 5.97 Å². The van der Waals surface area contributed by atoms with E-state index in [1.165, 1.54) is 6.07 Å². The summed E-state index contributed by atoms with van der Waals surface area (Å²) in [5.41, 5.74) is -0.0631. The minimum atomic E-state index is -0.974. The Morgan fingerprint density at radius 2 is 2.13 bits per heavy atom. The van der Waals surface area contributed by atoms with Crippen LogP contribution in [0, 0.1) is 6.92 Å². The molecule has 1 heterocycles. The third kappa shape index (κ3) is 3.40. The molecule has 0 aliphatic heterocycles. The summed E-state index contributed by atoms with van der Waals surface area (Å²) in [5.74, 6) is -0.0203. The van der Waals surface area contributed by atoms with Gasteiger partial charge in [-0.3, -0.25) is 0 Å². The monoisotopic (exact) mass is 212 g/mol. The molecular weight excluding hydrogens is 196 g/mol. The fourth-order valence-corrected chi connectivity index (χ4v) is 1.11. The summed E-state index contributed by atoms with van der Waals surface area (Å²) in [4.78, 5) is 10.7. The average molecular weight is 212 g/mol. The van der Waals surface area contributed by atoms with Gasteiger partial charge in [-0.15, -0.1) is 0 Å². The lowest BCUT2D eigenvalue weighted by Crippen LogP contribution is -2.18. The molecule has 84 valence electrons. The van der Waals surface area contributed by atoms with E-state index >= 15 is 0 Å². The lowest BCUT2D eigenvalue weighted by Gasteiger charge is -2.18. The standard InChI is InChI=1S/C11H16O4/c1-7-9(10(12)13)5-8(15-7)6-14-11(2,3)4/h5H,6H2,1-4H3,(H,12,13). The third-order valence-corrected chi connectivity index (χ3v) is 1.85. The zero-order valence-corrected chi connectivity index (χ0v) is 9.46. The van der Waals surface area contributed by atoms with Gasteiger partial charge in [0.2, 0.25) is 0 Å². The molecule has 0 aromatic carbocycles. The zero-order valence-electron chi connectivity index (χ0n) is 9.46. The van der Waals surface area contributed by atoms with Crippen molar-refractivity contribution in [1.82, 2.24) is 0 Å². The molecule has 0 saturated heterocycles. The van der Waals surface area contributed by atoms with Gasteiger partial charge in [-0.2, -0.15) is 0 Å².